The Balaban J connectivity index is 2.54. The number of amides is 1. The summed E-state index contributed by atoms with van der Waals surface area (Å²) in [6.45, 7) is 3.81. The number of hydrogen-bond donors (Lipinski definition) is 1. The van der Waals surface area contributed by atoms with Crippen LogP contribution in [0.25, 0.3) is 0 Å². The highest BCUT2D eigenvalue weighted by molar-refractivity contribution is 5.98. The summed E-state index contributed by atoms with van der Waals surface area (Å²) in [4.78, 5) is 14.5. The third-order valence-electron chi connectivity index (χ3n) is 4.64. The Kier molecular flexibility index (Phi) is 4.96. The Hall–Kier alpha value is -1.75. The number of hydrogen-bond acceptors (Lipinski definition) is 4. The number of ether oxygens (including phenoxy) is 2. The lowest BCUT2D eigenvalue weighted by molar-refractivity contribution is 0.0917. The van der Waals surface area contributed by atoms with Crippen LogP contribution in [-0.4, -0.2) is 52.2 Å². The molecule has 0 fully saturated rings. The smallest absolute Gasteiger partial charge is 0.251 e. The molecule has 0 saturated heterocycles. The van der Waals surface area contributed by atoms with Crippen molar-refractivity contribution in [1.82, 2.24) is 10.2 Å². The zero-order valence-corrected chi connectivity index (χ0v) is 14.2. The normalized spacial score (nSPS) is 20.5. The molecule has 0 radical (unpaired) electrons. The number of rotatable bonds is 6. The topological polar surface area (TPSA) is 50.8 Å². The molecule has 1 unspecified atom stereocenters. The lowest BCUT2D eigenvalue weighted by atomic mass is 9.71. The van der Waals surface area contributed by atoms with Crippen LogP contribution in [0.15, 0.2) is 12.1 Å². The van der Waals surface area contributed by atoms with Gasteiger partial charge in [0.25, 0.3) is 5.91 Å². The van der Waals surface area contributed by atoms with Crippen molar-refractivity contribution in [3.63, 3.8) is 0 Å². The molecule has 2 rings (SSSR count). The van der Waals surface area contributed by atoms with Gasteiger partial charge in [-0.15, -0.1) is 0 Å². The van der Waals surface area contributed by atoms with Crippen LogP contribution in [0.1, 0.15) is 35.7 Å². The van der Waals surface area contributed by atoms with E-state index < -0.39 is 0 Å². The maximum absolute atomic E-state index is 12.3. The number of carbonyl (C=O) groups excluding carboxylic acids is 1. The Morgan fingerprint density at radius 3 is 2.41 bits per heavy atom. The van der Waals surface area contributed by atoms with Gasteiger partial charge < -0.3 is 19.7 Å². The SMILES string of the molecule is CCC1(CCN(C)C)CNC(=O)c2cc(OC)c(OC)cc21. The molecule has 1 aromatic rings. The molecule has 5 nitrogen and oxygen atoms in total. The molecular weight excluding hydrogens is 280 g/mol. The first kappa shape index (κ1) is 16.6. The van der Waals surface area contributed by atoms with Crippen LogP contribution in [-0.2, 0) is 5.41 Å². The molecule has 0 bridgehead atoms. The molecule has 1 aliphatic heterocycles. The zero-order chi connectivity index (χ0) is 16.3. The number of nitrogens with zero attached hydrogens (tertiary/aromatic N) is 1. The summed E-state index contributed by atoms with van der Waals surface area (Å²) >= 11 is 0. The third-order valence-corrected chi connectivity index (χ3v) is 4.64. The van der Waals surface area contributed by atoms with Crippen molar-refractivity contribution in [2.75, 3.05) is 41.4 Å². The van der Waals surface area contributed by atoms with Crippen LogP contribution >= 0.6 is 0 Å². The van der Waals surface area contributed by atoms with Crippen molar-refractivity contribution >= 4 is 5.91 Å². The van der Waals surface area contributed by atoms with Gasteiger partial charge >= 0.3 is 0 Å². The van der Waals surface area contributed by atoms with Crippen molar-refractivity contribution in [1.29, 1.82) is 0 Å². The van der Waals surface area contributed by atoms with Crippen molar-refractivity contribution in [2.24, 2.45) is 0 Å². The molecule has 22 heavy (non-hydrogen) atoms. The largest absolute Gasteiger partial charge is 0.493 e. The van der Waals surface area contributed by atoms with Gasteiger partial charge in [-0.25, -0.2) is 0 Å². The van der Waals surface area contributed by atoms with Crippen molar-refractivity contribution in [3.05, 3.63) is 23.3 Å². The number of nitrogens with one attached hydrogen (secondary N) is 1. The van der Waals surface area contributed by atoms with Gasteiger partial charge in [-0.05, 0) is 51.2 Å². The molecule has 1 heterocycles. The maximum Gasteiger partial charge on any atom is 0.251 e. The average molecular weight is 306 g/mol. The van der Waals surface area contributed by atoms with Crippen molar-refractivity contribution < 1.29 is 14.3 Å². The Labute approximate surface area is 132 Å². The Morgan fingerprint density at radius 2 is 1.86 bits per heavy atom. The van der Waals surface area contributed by atoms with Crippen LogP contribution in [0.4, 0.5) is 0 Å². The minimum Gasteiger partial charge on any atom is -0.493 e. The molecule has 5 heteroatoms. The molecule has 1 aromatic carbocycles. The van der Waals surface area contributed by atoms with Gasteiger partial charge in [-0.3, -0.25) is 4.79 Å². The predicted octanol–water partition coefficient (Wildman–Crippen LogP) is 2.05. The highest BCUT2D eigenvalue weighted by Gasteiger charge is 2.39. The van der Waals surface area contributed by atoms with E-state index >= 15 is 0 Å². The average Bonchev–Trinajstić information content (AvgIpc) is 2.53. The van der Waals surface area contributed by atoms with Gasteiger partial charge in [0.2, 0.25) is 0 Å². The van der Waals surface area contributed by atoms with Crippen LogP contribution in [0.5, 0.6) is 11.5 Å². The summed E-state index contributed by atoms with van der Waals surface area (Å²) in [6, 6.07) is 3.77. The van der Waals surface area contributed by atoms with E-state index in [0.717, 1.165) is 24.9 Å². The summed E-state index contributed by atoms with van der Waals surface area (Å²) in [5.41, 5.74) is 1.70. The second-order valence-corrected chi connectivity index (χ2v) is 6.12. The number of benzene rings is 1. The highest BCUT2D eigenvalue weighted by atomic mass is 16.5. The number of methoxy groups -OCH3 is 2. The molecule has 0 aliphatic carbocycles. The first-order valence-corrected chi connectivity index (χ1v) is 7.67. The van der Waals surface area contributed by atoms with E-state index in [1.54, 1.807) is 20.3 Å². The number of carbonyl (C=O) groups is 1. The van der Waals surface area contributed by atoms with E-state index in [1.165, 1.54) is 0 Å². The van der Waals surface area contributed by atoms with Crippen molar-refractivity contribution in [3.8, 4) is 11.5 Å². The van der Waals surface area contributed by atoms with Crippen LogP contribution in [0, 0.1) is 0 Å². The highest BCUT2D eigenvalue weighted by Crippen LogP contribution is 2.41. The van der Waals surface area contributed by atoms with Crippen molar-refractivity contribution in [2.45, 2.75) is 25.2 Å². The summed E-state index contributed by atoms with van der Waals surface area (Å²) in [5, 5.41) is 3.04. The van der Waals surface area contributed by atoms with Gasteiger partial charge in [0.15, 0.2) is 11.5 Å². The second-order valence-electron chi connectivity index (χ2n) is 6.12. The summed E-state index contributed by atoms with van der Waals surface area (Å²) < 4.78 is 10.8. The molecule has 1 amide bonds. The molecule has 122 valence electrons. The maximum atomic E-state index is 12.3. The van der Waals surface area contributed by atoms with E-state index in [0.29, 0.717) is 23.6 Å². The summed E-state index contributed by atoms with van der Waals surface area (Å²) in [7, 11) is 7.35. The molecule has 0 spiro atoms. The lowest BCUT2D eigenvalue weighted by Gasteiger charge is -2.39. The second kappa shape index (κ2) is 6.57. The Morgan fingerprint density at radius 1 is 1.23 bits per heavy atom. The van der Waals surface area contributed by atoms with E-state index in [9.17, 15) is 4.79 Å². The number of fused-ring (bicyclic) bond motifs is 1. The Bertz CT molecular complexity index is 557. The fourth-order valence-electron chi connectivity index (χ4n) is 3.10. The predicted molar refractivity (Wildman–Crippen MR) is 87.0 cm³/mol. The van der Waals surface area contributed by atoms with Gasteiger partial charge in [0, 0.05) is 17.5 Å². The first-order chi connectivity index (χ1) is 10.5. The monoisotopic (exact) mass is 306 g/mol. The quantitative estimate of drug-likeness (QED) is 0.874. The summed E-state index contributed by atoms with van der Waals surface area (Å²) in [6.07, 6.45) is 1.95. The molecule has 1 atom stereocenters. The first-order valence-electron chi connectivity index (χ1n) is 7.67. The van der Waals surface area contributed by atoms with Gasteiger partial charge in [-0.2, -0.15) is 0 Å². The minimum absolute atomic E-state index is 0.0371. The molecule has 0 saturated carbocycles. The van der Waals surface area contributed by atoms with E-state index in [1.807, 2.05) is 6.07 Å². The van der Waals surface area contributed by atoms with Crippen LogP contribution in [0.2, 0.25) is 0 Å². The molecule has 1 N–H and O–H groups in total. The molecule has 0 aromatic heterocycles. The van der Waals surface area contributed by atoms with Crippen LogP contribution in [0.3, 0.4) is 0 Å². The van der Waals surface area contributed by atoms with Gasteiger partial charge in [0.05, 0.1) is 14.2 Å². The van der Waals surface area contributed by atoms with E-state index in [4.69, 9.17) is 9.47 Å². The van der Waals surface area contributed by atoms with Gasteiger partial charge in [-0.1, -0.05) is 6.92 Å². The summed E-state index contributed by atoms with van der Waals surface area (Å²) in [5.74, 6) is 1.24. The minimum atomic E-state index is -0.0624. The molecule has 1 aliphatic rings. The lowest BCUT2D eigenvalue weighted by Crippen LogP contribution is -2.47. The standard InChI is InChI=1S/C17H26N2O3/c1-6-17(7-8-19(2)3)11-18-16(20)12-9-14(21-4)15(22-5)10-13(12)17/h9-10H,6-8,11H2,1-5H3,(H,18,20). The fraction of sp³-hybridized carbons (Fsp3) is 0.588. The third kappa shape index (κ3) is 2.90. The van der Waals surface area contributed by atoms with E-state index in [2.05, 4.69) is 31.2 Å². The zero-order valence-electron chi connectivity index (χ0n) is 14.2. The molecular formula is C17H26N2O3. The van der Waals surface area contributed by atoms with Gasteiger partial charge in [0.1, 0.15) is 0 Å². The van der Waals surface area contributed by atoms with E-state index in [-0.39, 0.29) is 11.3 Å². The van der Waals surface area contributed by atoms with Crippen LogP contribution < -0.4 is 14.8 Å². The fourth-order valence-corrected chi connectivity index (χ4v) is 3.10.